The molecule has 96 valence electrons. The molecule has 0 unspecified atom stereocenters. The van der Waals surface area contributed by atoms with Crippen molar-refractivity contribution in [1.82, 2.24) is 0 Å². The maximum atomic E-state index is 10.7. The number of carbonyl (C=O) groups is 2. The van der Waals surface area contributed by atoms with Crippen molar-refractivity contribution in [1.29, 1.82) is 0 Å². The number of imide groups is 1. The minimum atomic E-state index is 0.500. The van der Waals surface area contributed by atoms with E-state index < -0.39 is 0 Å². The molecule has 2 aromatic carbocycles. The van der Waals surface area contributed by atoms with Crippen molar-refractivity contribution in [3.8, 4) is 11.1 Å². The predicted molar refractivity (Wildman–Crippen MR) is 76.0 cm³/mol. The Balaban J connectivity index is 2.40. The van der Waals surface area contributed by atoms with Crippen LogP contribution in [0.25, 0.3) is 11.1 Å². The van der Waals surface area contributed by atoms with Gasteiger partial charge in [0.1, 0.15) is 0 Å². The Bertz CT molecular complexity index is 595. The maximum Gasteiger partial charge on any atom is 0.220 e. The molecule has 2 aromatic rings. The fourth-order valence-corrected chi connectivity index (χ4v) is 2.02. The Morgan fingerprint density at radius 3 is 2.11 bits per heavy atom. The highest BCUT2D eigenvalue weighted by Crippen LogP contribution is 2.27. The number of aryl methyl sites for hydroxylation is 1. The van der Waals surface area contributed by atoms with Crippen LogP contribution in [0.1, 0.15) is 11.1 Å². The number of hydrogen-bond acceptors (Lipinski definition) is 2. The van der Waals surface area contributed by atoms with Gasteiger partial charge in [0.25, 0.3) is 0 Å². The Labute approximate surface area is 112 Å². The second-order valence-electron chi connectivity index (χ2n) is 4.41. The van der Waals surface area contributed by atoms with Gasteiger partial charge in [0, 0.05) is 0 Å². The van der Waals surface area contributed by atoms with E-state index in [0.717, 1.165) is 16.0 Å². The molecule has 0 aliphatic carbocycles. The highest BCUT2D eigenvalue weighted by molar-refractivity contribution is 5.95. The Morgan fingerprint density at radius 2 is 1.53 bits per heavy atom. The lowest BCUT2D eigenvalue weighted by atomic mass is 9.97. The van der Waals surface area contributed by atoms with Crippen LogP contribution in [0, 0.1) is 13.8 Å². The summed E-state index contributed by atoms with van der Waals surface area (Å²) in [6.45, 7) is 4.16. The number of benzene rings is 2. The SMILES string of the molecule is Cc1cccc(-c2ccc(N(C=O)C=O)cc2)c1C. The number of nitrogens with zero attached hydrogens (tertiary/aromatic N) is 1. The summed E-state index contributed by atoms with van der Waals surface area (Å²) in [7, 11) is 0. The van der Waals surface area contributed by atoms with Crippen molar-refractivity contribution in [3.05, 3.63) is 53.6 Å². The molecule has 0 aliphatic heterocycles. The third-order valence-corrected chi connectivity index (χ3v) is 3.31. The highest BCUT2D eigenvalue weighted by atomic mass is 16.2. The van der Waals surface area contributed by atoms with Crippen LogP contribution >= 0.6 is 0 Å². The highest BCUT2D eigenvalue weighted by Gasteiger charge is 2.06. The smallest absolute Gasteiger partial charge is 0.220 e. The number of amides is 2. The van der Waals surface area contributed by atoms with Gasteiger partial charge in [-0.15, -0.1) is 0 Å². The molecule has 0 fully saturated rings. The van der Waals surface area contributed by atoms with Crippen LogP contribution in [0.15, 0.2) is 42.5 Å². The summed E-state index contributed by atoms with van der Waals surface area (Å²) >= 11 is 0. The van der Waals surface area contributed by atoms with Crippen molar-refractivity contribution in [2.24, 2.45) is 0 Å². The number of carbonyl (C=O) groups excluding carboxylic acids is 2. The number of rotatable bonds is 4. The fraction of sp³-hybridized carbons (Fsp3) is 0.125. The molecular formula is C16H15NO2. The molecule has 0 heterocycles. The minimum Gasteiger partial charge on any atom is -0.278 e. The van der Waals surface area contributed by atoms with E-state index in [2.05, 4.69) is 26.0 Å². The first-order valence-electron chi connectivity index (χ1n) is 6.03. The zero-order valence-electron chi connectivity index (χ0n) is 11.0. The van der Waals surface area contributed by atoms with Crippen LogP contribution in [0.2, 0.25) is 0 Å². The van der Waals surface area contributed by atoms with Crippen molar-refractivity contribution in [2.75, 3.05) is 4.90 Å². The van der Waals surface area contributed by atoms with Crippen molar-refractivity contribution in [2.45, 2.75) is 13.8 Å². The summed E-state index contributed by atoms with van der Waals surface area (Å²) in [5.41, 5.74) is 5.28. The van der Waals surface area contributed by atoms with Crippen LogP contribution in [-0.2, 0) is 9.59 Å². The molecule has 2 amide bonds. The molecule has 19 heavy (non-hydrogen) atoms. The van der Waals surface area contributed by atoms with E-state index in [-0.39, 0.29) is 0 Å². The van der Waals surface area contributed by atoms with Gasteiger partial charge >= 0.3 is 0 Å². The van der Waals surface area contributed by atoms with Crippen LogP contribution in [-0.4, -0.2) is 12.8 Å². The first kappa shape index (κ1) is 13.0. The average Bonchev–Trinajstić information content (AvgIpc) is 2.44. The zero-order valence-corrected chi connectivity index (χ0v) is 11.0. The summed E-state index contributed by atoms with van der Waals surface area (Å²) < 4.78 is 0. The lowest BCUT2D eigenvalue weighted by molar-refractivity contribution is -0.113. The summed E-state index contributed by atoms with van der Waals surface area (Å²) in [5.74, 6) is 0. The standard InChI is InChI=1S/C16H15NO2/c1-12-4-3-5-16(13(12)2)14-6-8-15(9-7-14)17(10-18)11-19/h3-11H,1-2H3. The van der Waals surface area contributed by atoms with Gasteiger partial charge in [-0.2, -0.15) is 0 Å². The minimum absolute atomic E-state index is 0.500. The number of anilines is 1. The molecule has 0 spiro atoms. The van der Waals surface area contributed by atoms with Gasteiger partial charge in [-0.05, 0) is 48.2 Å². The van der Waals surface area contributed by atoms with E-state index >= 15 is 0 Å². The van der Waals surface area contributed by atoms with E-state index in [1.807, 2.05) is 18.2 Å². The van der Waals surface area contributed by atoms with E-state index in [4.69, 9.17) is 0 Å². The molecule has 0 saturated carbocycles. The summed E-state index contributed by atoms with van der Waals surface area (Å²) in [6, 6.07) is 13.5. The van der Waals surface area contributed by atoms with Crippen LogP contribution < -0.4 is 4.90 Å². The molecule has 0 aliphatic rings. The first-order chi connectivity index (χ1) is 9.17. The first-order valence-corrected chi connectivity index (χ1v) is 6.03. The van der Waals surface area contributed by atoms with Crippen LogP contribution in [0.5, 0.6) is 0 Å². The molecule has 2 rings (SSSR count). The third kappa shape index (κ3) is 2.55. The second kappa shape index (κ2) is 5.48. The Hall–Kier alpha value is -2.42. The van der Waals surface area contributed by atoms with Crippen LogP contribution in [0.4, 0.5) is 5.69 Å². The van der Waals surface area contributed by atoms with Gasteiger partial charge in [-0.25, -0.2) is 0 Å². The largest absolute Gasteiger partial charge is 0.278 e. The average molecular weight is 253 g/mol. The topological polar surface area (TPSA) is 37.4 Å². The third-order valence-electron chi connectivity index (χ3n) is 3.31. The van der Waals surface area contributed by atoms with E-state index in [1.54, 1.807) is 12.1 Å². The van der Waals surface area contributed by atoms with E-state index in [9.17, 15) is 9.59 Å². The fourth-order valence-electron chi connectivity index (χ4n) is 2.02. The second-order valence-corrected chi connectivity index (χ2v) is 4.41. The molecule has 3 heteroatoms. The van der Waals surface area contributed by atoms with Gasteiger partial charge < -0.3 is 0 Å². The van der Waals surface area contributed by atoms with Gasteiger partial charge in [-0.3, -0.25) is 14.5 Å². The van der Waals surface area contributed by atoms with E-state index in [0.29, 0.717) is 18.5 Å². The zero-order chi connectivity index (χ0) is 13.8. The molecule has 3 nitrogen and oxygen atoms in total. The molecular weight excluding hydrogens is 238 g/mol. The molecule has 0 atom stereocenters. The molecule has 0 radical (unpaired) electrons. The predicted octanol–water partition coefficient (Wildman–Crippen LogP) is 3.09. The van der Waals surface area contributed by atoms with Gasteiger partial charge in [0.15, 0.2) is 0 Å². The molecule has 0 saturated heterocycles. The number of hydrogen-bond donors (Lipinski definition) is 0. The van der Waals surface area contributed by atoms with Gasteiger partial charge in [0.05, 0.1) is 5.69 Å². The van der Waals surface area contributed by atoms with Gasteiger partial charge in [0.2, 0.25) is 12.8 Å². The Kier molecular flexibility index (Phi) is 3.76. The maximum absolute atomic E-state index is 10.7. The lowest BCUT2D eigenvalue weighted by Crippen LogP contribution is -2.17. The van der Waals surface area contributed by atoms with E-state index in [1.165, 1.54) is 11.1 Å². The van der Waals surface area contributed by atoms with Crippen molar-refractivity contribution < 1.29 is 9.59 Å². The summed E-state index contributed by atoms with van der Waals surface area (Å²) in [4.78, 5) is 22.4. The van der Waals surface area contributed by atoms with Crippen LogP contribution in [0.3, 0.4) is 0 Å². The summed E-state index contributed by atoms with van der Waals surface area (Å²) in [6.07, 6.45) is 1.000. The lowest BCUT2D eigenvalue weighted by Gasteiger charge is -2.12. The monoisotopic (exact) mass is 253 g/mol. The quantitative estimate of drug-likeness (QED) is 0.785. The Morgan fingerprint density at radius 1 is 0.895 bits per heavy atom. The summed E-state index contributed by atoms with van der Waals surface area (Å²) in [5, 5.41) is 0. The van der Waals surface area contributed by atoms with Crippen molar-refractivity contribution in [3.63, 3.8) is 0 Å². The van der Waals surface area contributed by atoms with Gasteiger partial charge in [-0.1, -0.05) is 30.3 Å². The normalized spacial score (nSPS) is 10.0. The molecule has 0 aromatic heterocycles. The van der Waals surface area contributed by atoms with Crippen molar-refractivity contribution >= 4 is 18.5 Å². The molecule has 0 N–H and O–H groups in total. The molecule has 0 bridgehead atoms.